The Morgan fingerprint density at radius 2 is 1.83 bits per heavy atom. The van der Waals surface area contributed by atoms with Crippen LogP contribution in [0.3, 0.4) is 0 Å². The zero-order valence-electron chi connectivity index (χ0n) is 23.2. The summed E-state index contributed by atoms with van der Waals surface area (Å²) in [5.74, 6) is 0.382. The first-order valence-corrected chi connectivity index (χ1v) is 13.9. The van der Waals surface area contributed by atoms with Crippen molar-refractivity contribution in [3.8, 4) is 11.3 Å². The van der Waals surface area contributed by atoms with Crippen LogP contribution in [0.15, 0.2) is 54.9 Å². The smallest absolute Gasteiger partial charge is 0.384 e. The number of imidazole rings is 1. The number of fused-ring (bicyclic) bond motifs is 1. The van der Waals surface area contributed by atoms with Crippen molar-refractivity contribution in [3.05, 3.63) is 66.0 Å². The van der Waals surface area contributed by atoms with Gasteiger partial charge in [0.15, 0.2) is 5.65 Å². The summed E-state index contributed by atoms with van der Waals surface area (Å²) >= 11 is 0. The number of halogens is 3. The summed E-state index contributed by atoms with van der Waals surface area (Å²) in [6, 6.07) is 11.4. The van der Waals surface area contributed by atoms with Gasteiger partial charge >= 0.3 is 6.18 Å². The Kier molecular flexibility index (Phi) is 7.45. The Morgan fingerprint density at radius 1 is 1.02 bits per heavy atom. The number of likely N-dealkylation sites (N-methyl/N-ethyl adjacent to an activating group) is 1. The van der Waals surface area contributed by atoms with Crippen LogP contribution in [-0.4, -0.2) is 81.6 Å². The van der Waals surface area contributed by atoms with Crippen molar-refractivity contribution < 1.29 is 18.0 Å². The first-order chi connectivity index (χ1) is 20.1. The monoisotopic (exact) mass is 579 g/mol. The van der Waals surface area contributed by atoms with Crippen LogP contribution >= 0.6 is 0 Å². The summed E-state index contributed by atoms with van der Waals surface area (Å²) in [5.41, 5.74) is 7.59. The third kappa shape index (κ3) is 5.88. The molecule has 3 N–H and O–H groups in total. The van der Waals surface area contributed by atoms with Crippen LogP contribution in [0.25, 0.3) is 16.9 Å². The highest BCUT2D eigenvalue weighted by Crippen LogP contribution is 2.35. The summed E-state index contributed by atoms with van der Waals surface area (Å²) in [5, 5.41) is 7.48. The molecule has 2 saturated heterocycles. The predicted molar refractivity (Wildman–Crippen MR) is 154 cm³/mol. The van der Waals surface area contributed by atoms with E-state index in [0.717, 1.165) is 30.4 Å². The molecule has 5 heterocycles. The molecule has 0 unspecified atom stereocenters. The minimum atomic E-state index is -4.52. The molecule has 3 aromatic heterocycles. The highest BCUT2D eigenvalue weighted by molar-refractivity contribution is 5.93. The third-order valence-corrected chi connectivity index (χ3v) is 7.99. The fraction of sp³-hybridized carbons (Fsp3) is 0.379. The number of nitrogens with one attached hydrogen (secondary N) is 1. The maximum Gasteiger partial charge on any atom is 0.416 e. The fourth-order valence-electron chi connectivity index (χ4n) is 5.52. The molecule has 1 amide bonds. The first-order valence-electron chi connectivity index (χ1n) is 13.9. The van der Waals surface area contributed by atoms with Crippen molar-refractivity contribution in [2.24, 2.45) is 5.92 Å². The summed E-state index contributed by atoms with van der Waals surface area (Å²) in [6.45, 7) is 4.27. The van der Waals surface area contributed by atoms with E-state index >= 15 is 0 Å². The van der Waals surface area contributed by atoms with Crippen LogP contribution in [0, 0.1) is 5.92 Å². The number of hydrogen-bond donors (Lipinski definition) is 2. The summed E-state index contributed by atoms with van der Waals surface area (Å²) in [6.07, 6.45) is -0.596. The Labute approximate surface area is 240 Å². The number of nitrogens with two attached hydrogens (primary N) is 1. The van der Waals surface area contributed by atoms with E-state index in [2.05, 4.69) is 20.2 Å². The molecule has 4 aromatic rings. The van der Waals surface area contributed by atoms with Gasteiger partial charge in [0.1, 0.15) is 11.6 Å². The van der Waals surface area contributed by atoms with E-state index in [-0.39, 0.29) is 23.7 Å². The van der Waals surface area contributed by atoms with Gasteiger partial charge in [0.2, 0.25) is 5.91 Å². The zero-order chi connectivity index (χ0) is 29.4. The SMILES string of the molecule is CN1CCN(Cc2ccc(NC(=O)[C@@H]3CCN(c4ccc5ncc(-c6ccc(N)nc6)n5n4)C3)cc2C(F)(F)F)CC1. The zero-order valence-corrected chi connectivity index (χ0v) is 23.2. The largest absolute Gasteiger partial charge is 0.416 e. The molecule has 0 radical (unpaired) electrons. The van der Waals surface area contributed by atoms with Crippen LogP contribution in [0.1, 0.15) is 17.5 Å². The number of alkyl halides is 3. The highest BCUT2D eigenvalue weighted by Gasteiger charge is 2.35. The molecule has 1 atom stereocenters. The molecule has 0 spiro atoms. The van der Waals surface area contributed by atoms with Crippen LogP contribution in [0.5, 0.6) is 0 Å². The summed E-state index contributed by atoms with van der Waals surface area (Å²) in [4.78, 5) is 27.9. The number of rotatable bonds is 6. The van der Waals surface area contributed by atoms with E-state index in [1.807, 2.05) is 35.0 Å². The molecule has 220 valence electrons. The second-order valence-corrected chi connectivity index (χ2v) is 10.9. The average Bonchev–Trinajstić information content (AvgIpc) is 3.63. The number of aromatic nitrogens is 4. The molecule has 2 aliphatic heterocycles. The van der Waals surface area contributed by atoms with E-state index in [9.17, 15) is 18.0 Å². The maximum atomic E-state index is 14.0. The lowest BCUT2D eigenvalue weighted by atomic mass is 10.0. The second-order valence-electron chi connectivity index (χ2n) is 10.9. The number of amides is 1. The standard InChI is InChI=1S/C29H32F3N9O/c1-38-10-12-39(13-11-38)17-20-2-4-22(14-23(20)29(30,31)32)36-28(42)21-8-9-40(18-21)27-7-6-26-35-16-24(41(26)37-27)19-3-5-25(33)34-15-19/h2-7,14-16,21H,8-13,17-18H2,1H3,(H2,33,34)(H,36,42)/t21-/m1/s1. The van der Waals surface area contributed by atoms with Crippen LogP contribution in [-0.2, 0) is 17.5 Å². The molecule has 42 heavy (non-hydrogen) atoms. The van der Waals surface area contributed by atoms with Crippen molar-refractivity contribution in [2.45, 2.75) is 19.1 Å². The minimum absolute atomic E-state index is 0.146. The van der Waals surface area contributed by atoms with E-state index in [1.165, 1.54) is 6.07 Å². The van der Waals surface area contributed by atoms with Gasteiger partial charge in [-0.3, -0.25) is 9.69 Å². The van der Waals surface area contributed by atoms with Gasteiger partial charge in [-0.25, -0.2) is 14.5 Å². The molecular weight excluding hydrogens is 547 g/mol. The number of pyridine rings is 1. The third-order valence-electron chi connectivity index (χ3n) is 7.99. The molecule has 2 fully saturated rings. The van der Waals surface area contributed by atoms with Crippen molar-refractivity contribution in [1.29, 1.82) is 0 Å². The van der Waals surface area contributed by atoms with E-state index < -0.39 is 17.7 Å². The number of nitrogen functional groups attached to an aromatic ring is 1. The molecule has 0 saturated carbocycles. The second kappa shape index (κ2) is 11.2. The number of benzene rings is 1. The van der Waals surface area contributed by atoms with Crippen LogP contribution in [0.2, 0.25) is 0 Å². The summed E-state index contributed by atoms with van der Waals surface area (Å²) in [7, 11) is 2.01. The fourth-order valence-corrected chi connectivity index (χ4v) is 5.52. The number of hydrogen-bond acceptors (Lipinski definition) is 8. The lowest BCUT2D eigenvalue weighted by molar-refractivity contribution is -0.138. The molecule has 0 bridgehead atoms. The predicted octanol–water partition coefficient (Wildman–Crippen LogP) is 3.60. The Hall–Kier alpha value is -4.23. The van der Waals surface area contributed by atoms with Crippen molar-refractivity contribution in [2.75, 3.05) is 62.3 Å². The van der Waals surface area contributed by atoms with Gasteiger partial charge in [-0.1, -0.05) is 6.07 Å². The minimum Gasteiger partial charge on any atom is -0.384 e. The number of piperazine rings is 1. The molecule has 13 heteroatoms. The topological polar surface area (TPSA) is 108 Å². The van der Waals surface area contributed by atoms with Gasteiger partial charge in [-0.15, -0.1) is 5.10 Å². The van der Waals surface area contributed by atoms with Crippen molar-refractivity contribution in [1.82, 2.24) is 29.4 Å². The Balaban J connectivity index is 1.14. The van der Waals surface area contributed by atoms with Gasteiger partial charge in [-0.2, -0.15) is 13.2 Å². The van der Waals surface area contributed by atoms with Crippen molar-refractivity contribution in [3.63, 3.8) is 0 Å². The Bertz CT molecular complexity index is 1580. The molecule has 2 aliphatic rings. The molecule has 10 nitrogen and oxygen atoms in total. The maximum absolute atomic E-state index is 14.0. The van der Waals surface area contributed by atoms with Gasteiger partial charge in [-0.05, 0) is 55.4 Å². The number of carbonyl (C=O) groups is 1. The number of anilines is 3. The quantitative estimate of drug-likeness (QED) is 0.357. The van der Waals surface area contributed by atoms with E-state index in [4.69, 9.17) is 10.8 Å². The van der Waals surface area contributed by atoms with Gasteiger partial charge < -0.3 is 20.9 Å². The first kappa shape index (κ1) is 27.9. The Morgan fingerprint density at radius 3 is 2.57 bits per heavy atom. The van der Waals surface area contributed by atoms with E-state index in [0.29, 0.717) is 49.9 Å². The lowest BCUT2D eigenvalue weighted by Crippen LogP contribution is -2.44. The van der Waals surface area contributed by atoms with Crippen LogP contribution in [0.4, 0.5) is 30.5 Å². The molecule has 6 rings (SSSR count). The van der Waals surface area contributed by atoms with Crippen molar-refractivity contribution >= 4 is 28.9 Å². The highest BCUT2D eigenvalue weighted by atomic mass is 19.4. The lowest BCUT2D eigenvalue weighted by Gasteiger charge is -2.33. The van der Waals surface area contributed by atoms with Gasteiger partial charge in [0.25, 0.3) is 0 Å². The normalized spacial score (nSPS) is 18.6. The van der Waals surface area contributed by atoms with Gasteiger partial charge in [0, 0.05) is 63.3 Å². The number of carbonyl (C=O) groups excluding carboxylic acids is 1. The average molecular weight is 580 g/mol. The van der Waals surface area contributed by atoms with E-state index in [1.54, 1.807) is 29.0 Å². The molecular formula is C29H32F3N9O. The molecule has 1 aromatic carbocycles. The number of nitrogens with zero attached hydrogens (tertiary/aromatic N) is 7. The van der Waals surface area contributed by atoms with Gasteiger partial charge in [0.05, 0.1) is 23.4 Å². The molecule has 0 aliphatic carbocycles. The van der Waals surface area contributed by atoms with Crippen LogP contribution < -0.4 is 16.0 Å². The summed E-state index contributed by atoms with van der Waals surface area (Å²) < 4.78 is 43.7.